The van der Waals surface area contributed by atoms with E-state index < -0.39 is 0 Å². The second kappa shape index (κ2) is 7.95. The fraction of sp³-hybridized carbons (Fsp3) is 0.357. The zero-order valence-electron chi connectivity index (χ0n) is 10.7. The van der Waals surface area contributed by atoms with Crippen molar-refractivity contribution in [1.29, 1.82) is 0 Å². The van der Waals surface area contributed by atoms with Crippen LogP contribution in [0.2, 0.25) is 0 Å². The Morgan fingerprint density at radius 3 is 2.89 bits per heavy atom. The van der Waals surface area contributed by atoms with Gasteiger partial charge in [-0.1, -0.05) is 30.0 Å². The second-order valence-corrected chi connectivity index (χ2v) is 5.04. The Kier molecular flexibility index (Phi) is 6.54. The van der Waals surface area contributed by atoms with Crippen LogP contribution >= 0.6 is 11.8 Å². The van der Waals surface area contributed by atoms with E-state index in [1.807, 2.05) is 30.4 Å². The van der Waals surface area contributed by atoms with E-state index in [0.29, 0.717) is 0 Å². The van der Waals surface area contributed by atoms with E-state index in [4.69, 9.17) is 9.84 Å². The smallest absolute Gasteiger partial charge is 0.185 e. The number of aliphatic hydroxyl groups is 1. The Bertz CT molecular complexity index is 427. The molecular weight excluding hydrogens is 248 g/mol. The van der Waals surface area contributed by atoms with Gasteiger partial charge in [-0.15, -0.1) is 0 Å². The molecule has 1 aromatic rings. The number of benzene rings is 1. The van der Waals surface area contributed by atoms with Gasteiger partial charge in [-0.25, -0.2) is 0 Å². The fourth-order valence-corrected chi connectivity index (χ4v) is 2.03. The van der Waals surface area contributed by atoms with Crippen LogP contribution in [0.4, 0.5) is 0 Å². The largest absolute Gasteiger partial charge is 0.496 e. The van der Waals surface area contributed by atoms with Gasteiger partial charge >= 0.3 is 0 Å². The molecular formula is C14H18O3S. The molecule has 1 rings (SSSR count). The van der Waals surface area contributed by atoms with E-state index in [2.05, 4.69) is 0 Å². The number of thioether (sulfide) groups is 1. The molecule has 0 aliphatic heterocycles. The lowest BCUT2D eigenvalue weighted by atomic mass is 10.1. The minimum atomic E-state index is 0.0189. The van der Waals surface area contributed by atoms with Gasteiger partial charge in [-0.3, -0.25) is 4.79 Å². The molecule has 18 heavy (non-hydrogen) atoms. The van der Waals surface area contributed by atoms with E-state index in [9.17, 15) is 4.79 Å². The highest BCUT2D eigenvalue weighted by Gasteiger charge is 2.00. The number of allylic oxidation sites excluding steroid dienone is 1. The minimum Gasteiger partial charge on any atom is -0.496 e. The standard InChI is InChI=1S/C14H18O3S/c1-11(16)18-8-4-3-5-13-9-12(10-15)6-7-14(13)17-2/h3,5-7,9,15H,4,8,10H2,1-2H3. The summed E-state index contributed by atoms with van der Waals surface area (Å²) < 4.78 is 5.25. The lowest BCUT2D eigenvalue weighted by Gasteiger charge is -2.06. The van der Waals surface area contributed by atoms with E-state index in [1.165, 1.54) is 11.8 Å². The molecule has 0 atom stereocenters. The van der Waals surface area contributed by atoms with Crippen LogP contribution in [0.5, 0.6) is 5.75 Å². The molecule has 0 aromatic heterocycles. The third-order valence-corrected chi connectivity index (χ3v) is 3.21. The van der Waals surface area contributed by atoms with Crippen molar-refractivity contribution in [3.63, 3.8) is 0 Å². The Hall–Kier alpha value is -1.26. The minimum absolute atomic E-state index is 0.0189. The average molecular weight is 266 g/mol. The van der Waals surface area contributed by atoms with Crippen molar-refractivity contribution < 1.29 is 14.6 Å². The van der Waals surface area contributed by atoms with Gasteiger partial charge in [0.25, 0.3) is 0 Å². The van der Waals surface area contributed by atoms with E-state index >= 15 is 0 Å². The van der Waals surface area contributed by atoms with Gasteiger partial charge in [0, 0.05) is 18.2 Å². The van der Waals surface area contributed by atoms with Gasteiger partial charge in [-0.05, 0) is 24.1 Å². The molecule has 0 unspecified atom stereocenters. The number of ether oxygens (including phenoxy) is 1. The molecule has 0 radical (unpaired) electrons. The Labute approximate surface area is 112 Å². The van der Waals surface area contributed by atoms with E-state index in [-0.39, 0.29) is 11.7 Å². The van der Waals surface area contributed by atoms with Crippen LogP contribution in [0.1, 0.15) is 24.5 Å². The summed E-state index contributed by atoms with van der Waals surface area (Å²) in [5.41, 5.74) is 1.80. The van der Waals surface area contributed by atoms with Crippen LogP contribution in [0, 0.1) is 0 Å². The molecule has 4 heteroatoms. The summed E-state index contributed by atoms with van der Waals surface area (Å²) in [7, 11) is 1.62. The predicted molar refractivity (Wildman–Crippen MR) is 75.7 cm³/mol. The zero-order valence-corrected chi connectivity index (χ0v) is 11.5. The van der Waals surface area contributed by atoms with Gasteiger partial charge < -0.3 is 9.84 Å². The maximum atomic E-state index is 10.8. The van der Waals surface area contributed by atoms with Crippen molar-refractivity contribution in [1.82, 2.24) is 0 Å². The van der Waals surface area contributed by atoms with Crippen LogP contribution in [-0.2, 0) is 11.4 Å². The first-order chi connectivity index (χ1) is 8.67. The summed E-state index contributed by atoms with van der Waals surface area (Å²) in [5, 5.41) is 9.23. The van der Waals surface area contributed by atoms with Crippen molar-refractivity contribution >= 4 is 23.0 Å². The van der Waals surface area contributed by atoms with Gasteiger partial charge in [0.15, 0.2) is 5.12 Å². The monoisotopic (exact) mass is 266 g/mol. The molecule has 0 amide bonds. The molecule has 0 aliphatic carbocycles. The molecule has 98 valence electrons. The lowest BCUT2D eigenvalue weighted by molar-refractivity contribution is -0.109. The van der Waals surface area contributed by atoms with E-state index in [1.54, 1.807) is 14.0 Å². The molecule has 0 saturated carbocycles. The Morgan fingerprint density at radius 2 is 2.28 bits per heavy atom. The molecule has 0 heterocycles. The maximum Gasteiger partial charge on any atom is 0.185 e. The first-order valence-electron chi connectivity index (χ1n) is 5.75. The molecule has 0 saturated heterocycles. The number of hydrogen-bond acceptors (Lipinski definition) is 4. The van der Waals surface area contributed by atoms with Gasteiger partial charge in [0.05, 0.1) is 13.7 Å². The Balaban J connectivity index is 2.63. The van der Waals surface area contributed by atoms with Crippen molar-refractivity contribution in [2.45, 2.75) is 20.0 Å². The predicted octanol–water partition coefficient (Wildman–Crippen LogP) is 2.87. The highest BCUT2D eigenvalue weighted by Crippen LogP contribution is 2.21. The van der Waals surface area contributed by atoms with Gasteiger partial charge in [0.2, 0.25) is 0 Å². The quantitative estimate of drug-likeness (QED) is 0.804. The van der Waals surface area contributed by atoms with Crippen LogP contribution in [0.15, 0.2) is 24.3 Å². The van der Waals surface area contributed by atoms with Gasteiger partial charge in [-0.2, -0.15) is 0 Å². The summed E-state index contributed by atoms with van der Waals surface area (Å²) in [6.45, 7) is 1.59. The summed E-state index contributed by atoms with van der Waals surface area (Å²) in [6.07, 6.45) is 4.80. The molecule has 0 fully saturated rings. The SMILES string of the molecule is COc1ccc(CO)cc1C=CCCSC(C)=O. The number of carbonyl (C=O) groups excluding carboxylic acids is 1. The number of carbonyl (C=O) groups is 1. The third kappa shape index (κ3) is 4.94. The topological polar surface area (TPSA) is 46.5 Å². The lowest BCUT2D eigenvalue weighted by Crippen LogP contribution is -1.90. The van der Waals surface area contributed by atoms with Crippen LogP contribution in [0.3, 0.4) is 0 Å². The van der Waals surface area contributed by atoms with E-state index in [0.717, 1.165) is 29.1 Å². The molecule has 0 spiro atoms. The summed E-state index contributed by atoms with van der Waals surface area (Å²) in [6, 6.07) is 5.57. The van der Waals surface area contributed by atoms with Crippen LogP contribution in [0.25, 0.3) is 6.08 Å². The summed E-state index contributed by atoms with van der Waals surface area (Å²) in [4.78, 5) is 10.8. The number of hydrogen-bond donors (Lipinski definition) is 1. The zero-order chi connectivity index (χ0) is 13.4. The van der Waals surface area contributed by atoms with Crippen molar-refractivity contribution in [2.75, 3.05) is 12.9 Å². The first kappa shape index (κ1) is 14.8. The number of methoxy groups -OCH3 is 1. The number of aliphatic hydroxyl groups excluding tert-OH is 1. The van der Waals surface area contributed by atoms with Crippen molar-refractivity contribution in [3.8, 4) is 5.75 Å². The third-order valence-electron chi connectivity index (χ3n) is 2.36. The number of rotatable bonds is 6. The molecule has 1 N–H and O–H groups in total. The van der Waals surface area contributed by atoms with Gasteiger partial charge in [0.1, 0.15) is 5.75 Å². The van der Waals surface area contributed by atoms with Crippen LogP contribution < -0.4 is 4.74 Å². The first-order valence-corrected chi connectivity index (χ1v) is 6.73. The highest BCUT2D eigenvalue weighted by molar-refractivity contribution is 8.13. The molecule has 0 bridgehead atoms. The normalized spacial score (nSPS) is 10.8. The van der Waals surface area contributed by atoms with Crippen molar-refractivity contribution in [2.24, 2.45) is 0 Å². The molecule has 1 aromatic carbocycles. The Morgan fingerprint density at radius 1 is 1.50 bits per heavy atom. The van der Waals surface area contributed by atoms with Crippen molar-refractivity contribution in [3.05, 3.63) is 35.4 Å². The molecule has 3 nitrogen and oxygen atoms in total. The summed E-state index contributed by atoms with van der Waals surface area (Å²) >= 11 is 1.32. The summed E-state index contributed by atoms with van der Waals surface area (Å²) in [5.74, 6) is 1.57. The average Bonchev–Trinajstić information content (AvgIpc) is 2.37. The second-order valence-electron chi connectivity index (χ2n) is 3.77. The highest BCUT2D eigenvalue weighted by atomic mass is 32.2. The molecule has 0 aliphatic rings. The van der Waals surface area contributed by atoms with Crippen LogP contribution in [-0.4, -0.2) is 23.1 Å². The fourth-order valence-electron chi connectivity index (χ4n) is 1.49. The maximum absolute atomic E-state index is 10.8.